The zero-order valence-corrected chi connectivity index (χ0v) is 16.6. The number of nitrogens with zero attached hydrogens (tertiary/aromatic N) is 1. The summed E-state index contributed by atoms with van der Waals surface area (Å²) in [6.07, 6.45) is 0.899. The smallest absolute Gasteiger partial charge is 0.258 e. The zero-order chi connectivity index (χ0) is 18.6. The van der Waals surface area contributed by atoms with Crippen LogP contribution in [0, 0.1) is 0 Å². The lowest BCUT2D eigenvalue weighted by Crippen LogP contribution is -2.55. The quantitative estimate of drug-likeness (QED) is 0.676. The Morgan fingerprint density at radius 3 is 2.96 bits per heavy atom. The van der Waals surface area contributed by atoms with Crippen LogP contribution in [-0.4, -0.2) is 37.7 Å². The van der Waals surface area contributed by atoms with Crippen molar-refractivity contribution in [3.63, 3.8) is 0 Å². The molecule has 0 aliphatic carbocycles. The predicted molar refractivity (Wildman–Crippen MR) is 109 cm³/mol. The number of hydrogen-bond acceptors (Lipinski definition) is 3. The van der Waals surface area contributed by atoms with Gasteiger partial charge >= 0.3 is 0 Å². The molecule has 6 heteroatoms. The molecule has 1 atom stereocenters. The Balaban J connectivity index is 1.78. The third-order valence-corrected chi connectivity index (χ3v) is 6.19. The van der Waals surface area contributed by atoms with E-state index in [1.165, 1.54) is 10.9 Å². The van der Waals surface area contributed by atoms with Gasteiger partial charge in [-0.25, -0.2) is 0 Å². The van der Waals surface area contributed by atoms with Gasteiger partial charge in [0.15, 0.2) is 5.54 Å². The Hall–Kier alpha value is -2.15. The summed E-state index contributed by atoms with van der Waals surface area (Å²) in [4.78, 5) is 19.2. The molecular weight excluding hydrogens is 406 g/mol. The number of nitrogens with one attached hydrogen (secondary N) is 2. The number of amides is 1. The van der Waals surface area contributed by atoms with Crippen molar-refractivity contribution < 1.29 is 9.53 Å². The van der Waals surface area contributed by atoms with Crippen LogP contribution in [0.15, 0.2) is 46.9 Å². The molecule has 1 spiro atoms. The van der Waals surface area contributed by atoms with Gasteiger partial charge in [-0.15, -0.1) is 0 Å². The van der Waals surface area contributed by atoms with E-state index in [0.717, 1.165) is 39.9 Å². The summed E-state index contributed by atoms with van der Waals surface area (Å²) in [5.41, 5.74) is 4.34. The number of methoxy groups -OCH3 is 1. The van der Waals surface area contributed by atoms with Gasteiger partial charge in [-0.3, -0.25) is 10.1 Å². The summed E-state index contributed by atoms with van der Waals surface area (Å²) in [7, 11) is 1.66. The fourth-order valence-electron chi connectivity index (χ4n) is 4.53. The number of carbonyl (C=O) groups is 1. The number of anilines is 1. The molecule has 0 unspecified atom stereocenters. The molecule has 0 saturated carbocycles. The number of aromatic nitrogens is 1. The van der Waals surface area contributed by atoms with Crippen LogP contribution < -0.4 is 10.2 Å². The van der Waals surface area contributed by atoms with Crippen molar-refractivity contribution in [1.82, 2.24) is 10.3 Å². The van der Waals surface area contributed by atoms with E-state index in [4.69, 9.17) is 4.74 Å². The monoisotopic (exact) mass is 425 g/mol. The summed E-state index contributed by atoms with van der Waals surface area (Å²) in [6, 6.07) is 14.3. The number of halogens is 1. The number of hydrogen-bond donors (Lipinski definition) is 2. The maximum atomic E-state index is 13.8. The molecular formula is C21H20BrN3O2. The standard InChI is InChI=1S/C21H20BrN3O2/c1-27-11-10-25-18-7-6-13(22)12-16(18)21(20(25)26)19-15(8-9-23-21)14-4-2-3-5-17(14)24-19/h2-7,12,23-24H,8-11H2,1H3/t21-/m1/s1. The third-order valence-electron chi connectivity index (χ3n) is 5.69. The van der Waals surface area contributed by atoms with Crippen LogP contribution in [0.2, 0.25) is 0 Å². The van der Waals surface area contributed by atoms with Crippen molar-refractivity contribution in [2.45, 2.75) is 12.0 Å². The molecule has 2 aromatic carbocycles. The molecule has 2 aliphatic rings. The average molecular weight is 426 g/mol. The van der Waals surface area contributed by atoms with Crippen LogP contribution in [0.3, 0.4) is 0 Å². The summed E-state index contributed by atoms with van der Waals surface area (Å²) in [5.74, 6) is 0.0557. The van der Waals surface area contributed by atoms with E-state index in [-0.39, 0.29) is 5.91 Å². The number of carbonyl (C=O) groups excluding carboxylic acids is 1. The zero-order valence-electron chi connectivity index (χ0n) is 15.0. The Bertz CT molecular complexity index is 1060. The van der Waals surface area contributed by atoms with Gasteiger partial charge in [-0.05, 0) is 36.2 Å². The Labute approximate surface area is 165 Å². The SMILES string of the molecule is COCCN1C(=O)[C@@]2(NCCc3c2[nH]c2ccccc32)c2cc(Br)ccc21. The average Bonchev–Trinajstić information content (AvgIpc) is 3.17. The van der Waals surface area contributed by atoms with Crippen LogP contribution in [0.5, 0.6) is 0 Å². The first-order valence-electron chi connectivity index (χ1n) is 9.13. The van der Waals surface area contributed by atoms with E-state index in [1.807, 2.05) is 23.1 Å². The molecule has 0 radical (unpaired) electrons. The molecule has 0 fully saturated rings. The maximum Gasteiger partial charge on any atom is 0.258 e. The second-order valence-corrected chi connectivity index (χ2v) is 7.98. The largest absolute Gasteiger partial charge is 0.383 e. The lowest BCUT2D eigenvalue weighted by molar-refractivity contribution is -0.123. The van der Waals surface area contributed by atoms with Crippen molar-refractivity contribution in [2.75, 3.05) is 31.7 Å². The van der Waals surface area contributed by atoms with E-state index in [1.54, 1.807) is 7.11 Å². The topological polar surface area (TPSA) is 57.4 Å². The van der Waals surface area contributed by atoms with Crippen molar-refractivity contribution in [2.24, 2.45) is 0 Å². The van der Waals surface area contributed by atoms with Crippen molar-refractivity contribution in [1.29, 1.82) is 0 Å². The molecule has 3 heterocycles. The highest BCUT2D eigenvalue weighted by molar-refractivity contribution is 9.10. The van der Waals surface area contributed by atoms with E-state index < -0.39 is 5.54 Å². The Morgan fingerprint density at radius 2 is 2.11 bits per heavy atom. The normalized spacial score (nSPS) is 21.1. The van der Waals surface area contributed by atoms with E-state index in [9.17, 15) is 4.79 Å². The number of para-hydroxylation sites is 1. The van der Waals surface area contributed by atoms with Crippen LogP contribution in [0.25, 0.3) is 10.9 Å². The second-order valence-electron chi connectivity index (χ2n) is 7.06. The molecule has 3 aromatic rings. The lowest BCUT2D eigenvalue weighted by Gasteiger charge is -2.34. The highest BCUT2D eigenvalue weighted by Crippen LogP contribution is 2.48. The first kappa shape index (κ1) is 17.0. The minimum atomic E-state index is -0.876. The molecule has 1 aromatic heterocycles. The predicted octanol–water partition coefficient (Wildman–Crippen LogP) is 3.31. The Kier molecular flexibility index (Phi) is 3.89. The summed E-state index contributed by atoms with van der Waals surface area (Å²) < 4.78 is 6.22. The number of aromatic amines is 1. The van der Waals surface area contributed by atoms with Gasteiger partial charge in [0, 0.05) is 46.8 Å². The van der Waals surface area contributed by atoms with Crippen LogP contribution in [0.4, 0.5) is 5.69 Å². The second kappa shape index (κ2) is 6.19. The number of H-pyrrole nitrogens is 1. The van der Waals surface area contributed by atoms with Crippen molar-refractivity contribution in [3.8, 4) is 0 Å². The van der Waals surface area contributed by atoms with Gasteiger partial charge in [0.25, 0.3) is 5.91 Å². The highest BCUT2D eigenvalue weighted by atomic mass is 79.9. The molecule has 0 bridgehead atoms. The minimum Gasteiger partial charge on any atom is -0.383 e. The maximum absolute atomic E-state index is 13.8. The molecule has 0 saturated heterocycles. The van der Waals surface area contributed by atoms with E-state index >= 15 is 0 Å². The summed E-state index contributed by atoms with van der Waals surface area (Å²) in [6.45, 7) is 1.78. The van der Waals surface area contributed by atoms with E-state index in [2.05, 4.69) is 50.5 Å². The summed E-state index contributed by atoms with van der Waals surface area (Å²) >= 11 is 3.59. The highest BCUT2D eigenvalue weighted by Gasteiger charge is 2.55. The van der Waals surface area contributed by atoms with Gasteiger partial charge in [-0.1, -0.05) is 34.1 Å². The van der Waals surface area contributed by atoms with Crippen LogP contribution in [-0.2, 0) is 21.5 Å². The molecule has 2 aliphatic heterocycles. The number of fused-ring (bicyclic) bond motifs is 6. The molecule has 5 nitrogen and oxygen atoms in total. The van der Waals surface area contributed by atoms with Crippen molar-refractivity contribution >= 4 is 38.4 Å². The number of ether oxygens (including phenoxy) is 1. The van der Waals surface area contributed by atoms with Gasteiger partial charge in [0.2, 0.25) is 0 Å². The van der Waals surface area contributed by atoms with Crippen LogP contribution >= 0.6 is 15.9 Å². The summed E-state index contributed by atoms with van der Waals surface area (Å²) in [5, 5.41) is 4.77. The van der Waals surface area contributed by atoms with Crippen LogP contribution in [0.1, 0.15) is 16.8 Å². The fraction of sp³-hybridized carbons (Fsp3) is 0.286. The molecule has 5 rings (SSSR count). The minimum absolute atomic E-state index is 0.0557. The molecule has 1 amide bonds. The molecule has 2 N–H and O–H groups in total. The fourth-order valence-corrected chi connectivity index (χ4v) is 4.89. The molecule has 138 valence electrons. The first-order chi connectivity index (χ1) is 13.2. The van der Waals surface area contributed by atoms with E-state index in [0.29, 0.717) is 13.2 Å². The number of rotatable bonds is 3. The first-order valence-corrected chi connectivity index (χ1v) is 9.92. The van der Waals surface area contributed by atoms with Crippen molar-refractivity contribution in [3.05, 3.63) is 63.8 Å². The van der Waals surface area contributed by atoms with Gasteiger partial charge in [0.05, 0.1) is 12.3 Å². The van der Waals surface area contributed by atoms with Gasteiger partial charge in [-0.2, -0.15) is 0 Å². The third kappa shape index (κ3) is 2.27. The lowest BCUT2D eigenvalue weighted by atomic mass is 9.82. The number of benzene rings is 2. The molecule has 27 heavy (non-hydrogen) atoms. The Morgan fingerprint density at radius 1 is 1.26 bits per heavy atom. The van der Waals surface area contributed by atoms with Gasteiger partial charge in [0.1, 0.15) is 0 Å². The van der Waals surface area contributed by atoms with Gasteiger partial charge < -0.3 is 14.6 Å².